The van der Waals surface area contributed by atoms with E-state index in [9.17, 15) is 9.90 Å². The van der Waals surface area contributed by atoms with Crippen molar-refractivity contribution < 1.29 is 9.90 Å². The number of carbonyl (C=O) groups is 1. The summed E-state index contributed by atoms with van der Waals surface area (Å²) in [5, 5.41) is 9.71. The van der Waals surface area contributed by atoms with Crippen molar-refractivity contribution in [3.05, 3.63) is 57.6 Å². The Hall–Kier alpha value is -1.71. The highest BCUT2D eigenvalue weighted by molar-refractivity contribution is 6.39. The van der Waals surface area contributed by atoms with Crippen molar-refractivity contribution in [2.75, 3.05) is 5.73 Å². The maximum absolute atomic E-state index is 12.1. The van der Waals surface area contributed by atoms with Gasteiger partial charge in [-0.3, -0.25) is 4.79 Å². The lowest BCUT2D eigenvalue weighted by atomic mass is 10.0. The van der Waals surface area contributed by atoms with E-state index in [2.05, 4.69) is 0 Å². The molecule has 0 atom stereocenters. The van der Waals surface area contributed by atoms with Gasteiger partial charge in [0.25, 0.3) is 0 Å². The average Bonchev–Trinajstić information content (AvgIpc) is 2.38. The summed E-state index contributed by atoms with van der Waals surface area (Å²) >= 11 is 11.8. The van der Waals surface area contributed by atoms with Gasteiger partial charge in [0.1, 0.15) is 5.75 Å². The molecule has 3 N–H and O–H groups in total. The van der Waals surface area contributed by atoms with Crippen molar-refractivity contribution in [1.29, 1.82) is 0 Å². The zero-order valence-electron chi connectivity index (χ0n) is 9.86. The molecule has 2 rings (SSSR count). The standard InChI is InChI=1S/C14H11Cl2NO2/c15-11-6-9(7-12(16)14(11)17)13(19)5-8-1-3-10(18)4-2-8/h1-4,6-7,18H,5,17H2. The number of Topliss-reactive ketones (excluding diaryl/α,β-unsaturated/α-hetero) is 1. The number of phenols is 1. The van der Waals surface area contributed by atoms with Gasteiger partial charge in [0.15, 0.2) is 5.78 Å². The highest BCUT2D eigenvalue weighted by Gasteiger charge is 2.12. The number of rotatable bonds is 3. The first-order valence-electron chi connectivity index (χ1n) is 5.53. The predicted molar refractivity (Wildman–Crippen MR) is 77.0 cm³/mol. The van der Waals surface area contributed by atoms with Crippen molar-refractivity contribution in [3.8, 4) is 5.75 Å². The molecule has 3 nitrogen and oxygen atoms in total. The van der Waals surface area contributed by atoms with Crippen LogP contribution in [0.1, 0.15) is 15.9 Å². The number of ketones is 1. The summed E-state index contributed by atoms with van der Waals surface area (Å²) in [6, 6.07) is 9.45. The Labute approximate surface area is 120 Å². The summed E-state index contributed by atoms with van der Waals surface area (Å²) in [5.74, 6) is 0.0456. The highest BCUT2D eigenvalue weighted by atomic mass is 35.5. The molecule has 2 aromatic carbocycles. The van der Waals surface area contributed by atoms with Crippen molar-refractivity contribution in [2.45, 2.75) is 6.42 Å². The summed E-state index contributed by atoms with van der Waals surface area (Å²) < 4.78 is 0. The molecule has 98 valence electrons. The number of nitrogen functional groups attached to an aromatic ring is 1. The Bertz CT molecular complexity index is 601. The monoisotopic (exact) mass is 295 g/mol. The number of phenolic OH excluding ortho intramolecular Hbond substituents is 1. The molecule has 0 aliphatic rings. The maximum Gasteiger partial charge on any atom is 0.167 e. The van der Waals surface area contributed by atoms with Gasteiger partial charge in [0.05, 0.1) is 15.7 Å². The third-order valence-corrected chi connectivity index (χ3v) is 3.33. The summed E-state index contributed by atoms with van der Waals surface area (Å²) in [7, 11) is 0. The lowest BCUT2D eigenvalue weighted by molar-refractivity contribution is 0.0993. The van der Waals surface area contributed by atoms with Crippen LogP contribution in [0, 0.1) is 0 Å². The van der Waals surface area contributed by atoms with Crippen LogP contribution >= 0.6 is 23.2 Å². The SMILES string of the molecule is Nc1c(Cl)cc(C(=O)Cc2ccc(O)cc2)cc1Cl. The molecule has 0 saturated carbocycles. The number of anilines is 1. The van der Waals surface area contributed by atoms with Crippen LogP contribution in [0.4, 0.5) is 5.69 Å². The molecular weight excluding hydrogens is 285 g/mol. The summed E-state index contributed by atoms with van der Waals surface area (Å²) in [4.78, 5) is 12.1. The lowest BCUT2D eigenvalue weighted by Crippen LogP contribution is -2.04. The van der Waals surface area contributed by atoms with Crippen LogP contribution in [-0.2, 0) is 6.42 Å². The molecule has 0 saturated heterocycles. The minimum absolute atomic E-state index is 0.116. The topological polar surface area (TPSA) is 63.3 Å². The van der Waals surface area contributed by atoms with Gasteiger partial charge < -0.3 is 10.8 Å². The van der Waals surface area contributed by atoms with Gasteiger partial charge in [-0.05, 0) is 29.8 Å². The molecule has 0 aliphatic carbocycles. The van der Waals surface area contributed by atoms with Crippen LogP contribution in [0.5, 0.6) is 5.75 Å². The average molecular weight is 296 g/mol. The van der Waals surface area contributed by atoms with E-state index in [0.717, 1.165) is 5.56 Å². The number of hydrogen-bond donors (Lipinski definition) is 2. The minimum Gasteiger partial charge on any atom is -0.508 e. The lowest BCUT2D eigenvalue weighted by Gasteiger charge is -2.06. The second-order valence-corrected chi connectivity index (χ2v) is 4.93. The summed E-state index contributed by atoms with van der Waals surface area (Å²) in [6.07, 6.45) is 0.205. The van der Waals surface area contributed by atoms with Gasteiger partial charge in [0, 0.05) is 12.0 Å². The number of nitrogens with two attached hydrogens (primary N) is 1. The Morgan fingerprint density at radius 3 is 2.16 bits per heavy atom. The van der Waals surface area contributed by atoms with E-state index in [1.807, 2.05) is 0 Å². The molecule has 0 aromatic heterocycles. The Kier molecular flexibility index (Phi) is 3.98. The molecule has 0 radical (unpaired) electrons. The largest absolute Gasteiger partial charge is 0.508 e. The molecule has 0 aliphatic heterocycles. The second-order valence-electron chi connectivity index (χ2n) is 4.12. The summed E-state index contributed by atoms with van der Waals surface area (Å²) in [5.41, 5.74) is 7.10. The Balaban J connectivity index is 2.23. The van der Waals surface area contributed by atoms with Crippen LogP contribution in [0.15, 0.2) is 36.4 Å². The first-order chi connectivity index (χ1) is 8.97. The van der Waals surface area contributed by atoms with E-state index in [-0.39, 0.29) is 33.7 Å². The van der Waals surface area contributed by atoms with Crippen LogP contribution in [0.25, 0.3) is 0 Å². The normalized spacial score (nSPS) is 10.4. The summed E-state index contributed by atoms with van der Waals surface area (Å²) in [6.45, 7) is 0. The van der Waals surface area contributed by atoms with Gasteiger partial charge in [-0.15, -0.1) is 0 Å². The Morgan fingerprint density at radius 2 is 1.63 bits per heavy atom. The molecule has 0 spiro atoms. The van der Waals surface area contributed by atoms with Crippen molar-refractivity contribution in [2.24, 2.45) is 0 Å². The number of hydrogen-bond acceptors (Lipinski definition) is 3. The molecule has 0 heterocycles. The fourth-order valence-corrected chi connectivity index (χ4v) is 2.13. The van der Waals surface area contributed by atoms with Gasteiger partial charge in [-0.2, -0.15) is 0 Å². The zero-order valence-corrected chi connectivity index (χ0v) is 11.4. The first kappa shape index (κ1) is 13.7. The Morgan fingerprint density at radius 1 is 1.11 bits per heavy atom. The van der Waals surface area contributed by atoms with Crippen molar-refractivity contribution in [1.82, 2.24) is 0 Å². The van der Waals surface area contributed by atoms with Crippen molar-refractivity contribution in [3.63, 3.8) is 0 Å². The van der Waals surface area contributed by atoms with Crippen LogP contribution in [0.3, 0.4) is 0 Å². The third-order valence-electron chi connectivity index (χ3n) is 2.70. The molecule has 0 bridgehead atoms. The van der Waals surface area contributed by atoms with Crippen molar-refractivity contribution >= 4 is 34.7 Å². The molecule has 0 amide bonds. The van der Waals surface area contributed by atoms with Crippen LogP contribution < -0.4 is 5.73 Å². The molecule has 5 heteroatoms. The number of benzene rings is 2. The number of halogens is 2. The van der Waals surface area contributed by atoms with Crippen LogP contribution in [-0.4, -0.2) is 10.9 Å². The van der Waals surface area contributed by atoms with Gasteiger partial charge >= 0.3 is 0 Å². The van der Waals surface area contributed by atoms with Gasteiger partial charge in [-0.1, -0.05) is 35.3 Å². The van der Waals surface area contributed by atoms with Gasteiger partial charge in [-0.25, -0.2) is 0 Å². The van der Waals surface area contributed by atoms with E-state index in [1.165, 1.54) is 24.3 Å². The molecule has 0 fully saturated rings. The van der Waals surface area contributed by atoms with E-state index in [0.29, 0.717) is 5.56 Å². The van der Waals surface area contributed by atoms with E-state index in [4.69, 9.17) is 28.9 Å². The maximum atomic E-state index is 12.1. The van der Waals surface area contributed by atoms with E-state index in [1.54, 1.807) is 12.1 Å². The quantitative estimate of drug-likeness (QED) is 0.670. The van der Waals surface area contributed by atoms with E-state index < -0.39 is 0 Å². The molecule has 0 unspecified atom stereocenters. The second kappa shape index (κ2) is 5.51. The minimum atomic E-state index is -0.116. The number of carbonyl (C=O) groups excluding carboxylic acids is 1. The van der Waals surface area contributed by atoms with Crippen LogP contribution in [0.2, 0.25) is 10.0 Å². The molecule has 2 aromatic rings. The predicted octanol–water partition coefficient (Wildman–Crippen LogP) is 3.71. The third kappa shape index (κ3) is 3.19. The van der Waals surface area contributed by atoms with E-state index >= 15 is 0 Å². The van der Waals surface area contributed by atoms with Gasteiger partial charge in [0.2, 0.25) is 0 Å². The molecular formula is C14H11Cl2NO2. The zero-order chi connectivity index (χ0) is 14.0. The fraction of sp³-hybridized carbons (Fsp3) is 0.0714. The number of aromatic hydroxyl groups is 1. The fourth-order valence-electron chi connectivity index (χ4n) is 1.65. The smallest absolute Gasteiger partial charge is 0.167 e. The highest BCUT2D eigenvalue weighted by Crippen LogP contribution is 2.29. The molecule has 19 heavy (non-hydrogen) atoms. The first-order valence-corrected chi connectivity index (χ1v) is 6.28.